The number of benzene rings is 1. The third kappa shape index (κ3) is 2.20. The van der Waals surface area contributed by atoms with Gasteiger partial charge in [0.05, 0.1) is 0 Å². The molecule has 4 rings (SSSR count). The quantitative estimate of drug-likeness (QED) is 0.818. The molecular formula is C17H21N3O2. The number of imide groups is 1. The van der Waals surface area contributed by atoms with Crippen molar-refractivity contribution in [3.63, 3.8) is 0 Å². The van der Waals surface area contributed by atoms with Crippen LogP contribution >= 0.6 is 0 Å². The lowest BCUT2D eigenvalue weighted by molar-refractivity contribution is -0.129. The van der Waals surface area contributed by atoms with E-state index in [0.717, 1.165) is 32.2 Å². The lowest BCUT2D eigenvalue weighted by Crippen LogP contribution is -2.63. The normalized spacial score (nSPS) is 34.5. The molecule has 0 aliphatic carbocycles. The van der Waals surface area contributed by atoms with Crippen molar-refractivity contribution in [1.82, 2.24) is 15.5 Å². The largest absolute Gasteiger partial charge is 0.323 e. The second-order valence-electron chi connectivity index (χ2n) is 6.80. The monoisotopic (exact) mass is 299 g/mol. The Labute approximate surface area is 130 Å². The molecule has 1 spiro atoms. The first-order valence-electron chi connectivity index (χ1n) is 8.10. The molecule has 2 N–H and O–H groups in total. The number of hydrogen-bond donors (Lipinski definition) is 2. The minimum absolute atomic E-state index is 0.131. The van der Waals surface area contributed by atoms with Crippen molar-refractivity contribution in [3.8, 4) is 0 Å². The first kappa shape index (κ1) is 13.8. The maximum atomic E-state index is 12.2. The minimum atomic E-state index is -0.667. The fourth-order valence-corrected chi connectivity index (χ4v) is 4.41. The standard InChI is InChI=1S/C17H21N3O2/c21-15-17(19-16(22)18-15)9-13-7-4-8-14(10-17)20(13)11-12-5-2-1-3-6-12/h1-3,5-6,13-14H,4,7-11H2,(H2,18,19,21,22). The Morgan fingerprint density at radius 1 is 1.09 bits per heavy atom. The average molecular weight is 299 g/mol. The van der Waals surface area contributed by atoms with Crippen LogP contribution in [-0.2, 0) is 11.3 Å². The summed E-state index contributed by atoms with van der Waals surface area (Å²) >= 11 is 0. The zero-order chi connectivity index (χ0) is 15.2. The molecule has 2 bridgehead atoms. The fourth-order valence-electron chi connectivity index (χ4n) is 4.41. The van der Waals surface area contributed by atoms with E-state index in [0.29, 0.717) is 12.1 Å². The predicted octanol–water partition coefficient (Wildman–Crippen LogP) is 1.78. The zero-order valence-electron chi connectivity index (χ0n) is 12.5. The third-order valence-electron chi connectivity index (χ3n) is 5.40. The number of fused-ring (bicyclic) bond motifs is 2. The van der Waals surface area contributed by atoms with Gasteiger partial charge in [0.15, 0.2) is 0 Å². The number of piperidine rings is 2. The summed E-state index contributed by atoms with van der Waals surface area (Å²) in [6.07, 6.45) is 4.89. The molecule has 1 aromatic rings. The van der Waals surface area contributed by atoms with E-state index < -0.39 is 5.54 Å². The van der Waals surface area contributed by atoms with Crippen molar-refractivity contribution in [2.24, 2.45) is 0 Å². The highest BCUT2D eigenvalue weighted by atomic mass is 16.2. The minimum Gasteiger partial charge on any atom is -0.323 e. The Morgan fingerprint density at radius 2 is 1.77 bits per heavy atom. The number of nitrogens with one attached hydrogen (secondary N) is 2. The van der Waals surface area contributed by atoms with Crippen LogP contribution in [0.3, 0.4) is 0 Å². The van der Waals surface area contributed by atoms with Crippen LogP contribution in [0.2, 0.25) is 0 Å². The highest BCUT2D eigenvalue weighted by molar-refractivity contribution is 6.07. The molecule has 2 atom stereocenters. The van der Waals surface area contributed by atoms with E-state index in [1.165, 1.54) is 12.0 Å². The Bertz CT molecular complexity index is 587. The molecule has 3 fully saturated rings. The second-order valence-corrected chi connectivity index (χ2v) is 6.80. The van der Waals surface area contributed by atoms with E-state index in [4.69, 9.17) is 0 Å². The first-order chi connectivity index (χ1) is 10.7. The van der Waals surface area contributed by atoms with Crippen LogP contribution in [0.4, 0.5) is 4.79 Å². The van der Waals surface area contributed by atoms with Gasteiger partial charge >= 0.3 is 6.03 Å². The second kappa shape index (κ2) is 5.09. The summed E-state index contributed by atoms with van der Waals surface area (Å²) in [7, 11) is 0. The summed E-state index contributed by atoms with van der Waals surface area (Å²) in [4.78, 5) is 26.4. The molecule has 1 aromatic carbocycles. The van der Waals surface area contributed by atoms with Crippen LogP contribution in [0.25, 0.3) is 0 Å². The smallest absolute Gasteiger partial charge is 0.322 e. The topological polar surface area (TPSA) is 61.4 Å². The Kier molecular flexibility index (Phi) is 3.18. The van der Waals surface area contributed by atoms with Gasteiger partial charge < -0.3 is 5.32 Å². The molecule has 5 heteroatoms. The van der Waals surface area contributed by atoms with E-state index in [9.17, 15) is 9.59 Å². The Hall–Kier alpha value is -1.88. The van der Waals surface area contributed by atoms with Crippen molar-refractivity contribution in [3.05, 3.63) is 35.9 Å². The molecule has 5 nitrogen and oxygen atoms in total. The van der Waals surface area contributed by atoms with Gasteiger partial charge in [0.25, 0.3) is 5.91 Å². The average Bonchev–Trinajstić information content (AvgIpc) is 2.75. The van der Waals surface area contributed by atoms with E-state index in [1.54, 1.807) is 0 Å². The number of carbonyl (C=O) groups excluding carboxylic acids is 2. The lowest BCUT2D eigenvalue weighted by Gasteiger charge is -2.51. The van der Waals surface area contributed by atoms with E-state index >= 15 is 0 Å². The molecule has 3 heterocycles. The number of hydrogen-bond acceptors (Lipinski definition) is 3. The van der Waals surface area contributed by atoms with Gasteiger partial charge in [-0.25, -0.2) is 4.79 Å². The summed E-state index contributed by atoms with van der Waals surface area (Å²) in [6, 6.07) is 10.9. The molecular weight excluding hydrogens is 278 g/mol. The van der Waals surface area contributed by atoms with Crippen LogP contribution in [0.1, 0.15) is 37.7 Å². The lowest BCUT2D eigenvalue weighted by atomic mass is 9.73. The van der Waals surface area contributed by atoms with Gasteiger partial charge in [0, 0.05) is 18.6 Å². The number of urea groups is 1. The number of amides is 3. The van der Waals surface area contributed by atoms with E-state index in [-0.39, 0.29) is 11.9 Å². The van der Waals surface area contributed by atoms with E-state index in [2.05, 4.69) is 39.8 Å². The summed E-state index contributed by atoms with van der Waals surface area (Å²) in [5.74, 6) is -0.131. The van der Waals surface area contributed by atoms with Gasteiger partial charge in [-0.1, -0.05) is 36.8 Å². The first-order valence-corrected chi connectivity index (χ1v) is 8.10. The Morgan fingerprint density at radius 3 is 2.36 bits per heavy atom. The fraction of sp³-hybridized carbons (Fsp3) is 0.529. The van der Waals surface area contributed by atoms with Crippen molar-refractivity contribution < 1.29 is 9.59 Å². The van der Waals surface area contributed by atoms with Gasteiger partial charge in [0.1, 0.15) is 5.54 Å². The summed E-state index contributed by atoms with van der Waals surface area (Å²) < 4.78 is 0. The summed E-state index contributed by atoms with van der Waals surface area (Å²) in [5.41, 5.74) is 0.648. The van der Waals surface area contributed by atoms with Gasteiger partial charge in [0.2, 0.25) is 0 Å². The molecule has 3 aliphatic heterocycles. The molecule has 116 valence electrons. The van der Waals surface area contributed by atoms with Crippen LogP contribution in [-0.4, -0.2) is 34.5 Å². The molecule has 3 saturated heterocycles. The van der Waals surface area contributed by atoms with Crippen LogP contribution in [0.5, 0.6) is 0 Å². The summed E-state index contributed by atoms with van der Waals surface area (Å²) in [5, 5.41) is 5.33. The highest BCUT2D eigenvalue weighted by Crippen LogP contribution is 2.41. The van der Waals surface area contributed by atoms with E-state index in [1.807, 2.05) is 6.07 Å². The number of carbonyl (C=O) groups is 2. The van der Waals surface area contributed by atoms with Crippen molar-refractivity contribution in [2.75, 3.05) is 0 Å². The molecule has 0 aromatic heterocycles. The van der Waals surface area contributed by atoms with Crippen molar-refractivity contribution >= 4 is 11.9 Å². The predicted molar refractivity (Wildman–Crippen MR) is 82.1 cm³/mol. The van der Waals surface area contributed by atoms with Gasteiger partial charge in [-0.05, 0) is 31.2 Å². The molecule has 0 saturated carbocycles. The van der Waals surface area contributed by atoms with Gasteiger partial charge in [-0.15, -0.1) is 0 Å². The van der Waals surface area contributed by atoms with Crippen molar-refractivity contribution in [1.29, 1.82) is 0 Å². The molecule has 0 radical (unpaired) electrons. The Balaban J connectivity index is 1.57. The van der Waals surface area contributed by atoms with Crippen LogP contribution < -0.4 is 10.6 Å². The number of nitrogens with zero attached hydrogens (tertiary/aromatic N) is 1. The van der Waals surface area contributed by atoms with Gasteiger partial charge in [-0.3, -0.25) is 15.0 Å². The van der Waals surface area contributed by atoms with Crippen LogP contribution in [0.15, 0.2) is 30.3 Å². The third-order valence-corrected chi connectivity index (χ3v) is 5.40. The van der Waals surface area contributed by atoms with Gasteiger partial charge in [-0.2, -0.15) is 0 Å². The molecule has 3 aliphatic rings. The summed E-state index contributed by atoms with van der Waals surface area (Å²) in [6.45, 7) is 0.932. The molecule has 22 heavy (non-hydrogen) atoms. The van der Waals surface area contributed by atoms with Crippen molar-refractivity contribution in [2.45, 2.75) is 56.3 Å². The molecule has 2 unspecified atom stereocenters. The molecule has 3 amide bonds. The number of rotatable bonds is 2. The maximum Gasteiger partial charge on any atom is 0.322 e. The van der Waals surface area contributed by atoms with Crippen LogP contribution in [0, 0.1) is 0 Å². The maximum absolute atomic E-state index is 12.2. The highest BCUT2D eigenvalue weighted by Gasteiger charge is 2.54. The SMILES string of the molecule is O=C1NC(=O)C2(CC3CCCC(C2)N3Cc2ccccc2)N1. The zero-order valence-corrected chi connectivity index (χ0v) is 12.5.